The van der Waals surface area contributed by atoms with Crippen molar-refractivity contribution in [3.8, 4) is 6.01 Å². The highest BCUT2D eigenvalue weighted by Crippen LogP contribution is 2.41. The molecule has 1 aromatic carbocycles. The van der Waals surface area contributed by atoms with Gasteiger partial charge in [0.15, 0.2) is 0 Å². The van der Waals surface area contributed by atoms with Gasteiger partial charge in [-0.15, -0.1) is 5.10 Å². The Kier molecular flexibility index (Phi) is 5.64. The number of nitrogens with zero attached hydrogens (tertiary/aromatic N) is 5. The molecule has 2 heterocycles. The molecular weight excluding hydrogens is 439 g/mol. The molecule has 168 valence electrons. The minimum Gasteiger partial charge on any atom is -0.373 e. The fourth-order valence-electron chi connectivity index (χ4n) is 4.10. The van der Waals surface area contributed by atoms with E-state index < -0.39 is 11.9 Å². The second-order valence-electron chi connectivity index (χ2n) is 7.70. The summed E-state index contributed by atoms with van der Waals surface area (Å²) in [6.07, 6.45) is 2.13. The average Bonchev–Trinajstić information content (AvgIpc) is 3.41. The van der Waals surface area contributed by atoms with Crippen LogP contribution in [0.1, 0.15) is 39.8 Å². The van der Waals surface area contributed by atoms with Gasteiger partial charge in [-0.2, -0.15) is 4.98 Å². The molecule has 1 atom stereocenters. The van der Waals surface area contributed by atoms with E-state index in [1.807, 2.05) is 6.92 Å². The van der Waals surface area contributed by atoms with E-state index in [0.717, 1.165) is 16.8 Å². The van der Waals surface area contributed by atoms with Gasteiger partial charge in [0.05, 0.1) is 11.1 Å². The predicted octanol–water partition coefficient (Wildman–Crippen LogP) is 3.62. The van der Waals surface area contributed by atoms with Gasteiger partial charge in [0.1, 0.15) is 17.8 Å². The molecular formula is C21H22ClFN6O3. The van der Waals surface area contributed by atoms with Crippen LogP contribution in [0.15, 0.2) is 24.5 Å². The molecule has 2 aromatic heterocycles. The van der Waals surface area contributed by atoms with Crippen LogP contribution < -0.4 is 10.1 Å². The number of hydrogen-bond acceptors (Lipinski definition) is 5. The summed E-state index contributed by atoms with van der Waals surface area (Å²) in [5.74, 6) is -0.887. The fourth-order valence-corrected chi connectivity index (χ4v) is 4.28. The maximum Gasteiger partial charge on any atom is 0.417 e. The Morgan fingerprint density at radius 3 is 2.75 bits per heavy atom. The van der Waals surface area contributed by atoms with Crippen LogP contribution in [-0.4, -0.2) is 43.3 Å². The standard InChI is InChI=1S/C21H22ClFN6O3/c1-11-17-13(6-8-16(17)29(4)21(31)32-20-24-10-27(2)26-20)18(28(11)3)19(30)25-12-5-7-15(23)14(22)9-12/h5,7,9-10,16H,6,8H2,1-4H3,(H,25,30). The maximum atomic E-state index is 13.4. The van der Waals surface area contributed by atoms with E-state index >= 15 is 0 Å². The zero-order valence-corrected chi connectivity index (χ0v) is 18.8. The smallest absolute Gasteiger partial charge is 0.373 e. The number of aryl methyl sites for hydroxylation is 1. The van der Waals surface area contributed by atoms with Crippen LogP contribution in [0.2, 0.25) is 5.02 Å². The lowest BCUT2D eigenvalue weighted by atomic mass is 10.1. The minimum atomic E-state index is -0.579. The third-order valence-electron chi connectivity index (χ3n) is 5.75. The molecule has 0 saturated carbocycles. The first-order chi connectivity index (χ1) is 15.2. The summed E-state index contributed by atoms with van der Waals surface area (Å²) in [7, 11) is 5.13. The van der Waals surface area contributed by atoms with Crippen molar-refractivity contribution in [1.29, 1.82) is 0 Å². The molecule has 1 N–H and O–H groups in total. The second-order valence-corrected chi connectivity index (χ2v) is 8.11. The topological polar surface area (TPSA) is 94.3 Å². The number of benzene rings is 1. The van der Waals surface area contributed by atoms with Gasteiger partial charge in [-0.25, -0.2) is 9.18 Å². The molecule has 2 amide bonds. The summed E-state index contributed by atoms with van der Waals surface area (Å²) in [6.45, 7) is 1.90. The number of aromatic nitrogens is 4. The molecule has 1 aliphatic carbocycles. The number of rotatable bonds is 4. The highest BCUT2D eigenvalue weighted by molar-refractivity contribution is 6.31. The third kappa shape index (κ3) is 3.81. The normalized spacial score (nSPS) is 14.9. The zero-order valence-electron chi connectivity index (χ0n) is 18.0. The first-order valence-electron chi connectivity index (χ1n) is 9.92. The second kappa shape index (κ2) is 8.27. The van der Waals surface area contributed by atoms with E-state index in [1.54, 1.807) is 25.7 Å². The third-order valence-corrected chi connectivity index (χ3v) is 6.04. The molecule has 0 saturated heterocycles. The summed E-state index contributed by atoms with van der Waals surface area (Å²) < 4.78 is 21.9. The van der Waals surface area contributed by atoms with E-state index in [4.69, 9.17) is 16.3 Å². The van der Waals surface area contributed by atoms with Crippen LogP contribution in [0.3, 0.4) is 0 Å². The summed E-state index contributed by atoms with van der Waals surface area (Å²) in [4.78, 5) is 31.1. The number of carbonyl (C=O) groups is 2. The molecule has 1 unspecified atom stereocenters. The lowest BCUT2D eigenvalue weighted by Crippen LogP contribution is -2.33. The van der Waals surface area contributed by atoms with Gasteiger partial charge in [0.2, 0.25) is 0 Å². The minimum absolute atomic E-state index is 0.0228. The molecule has 0 bridgehead atoms. The molecule has 9 nitrogen and oxygen atoms in total. The van der Waals surface area contributed by atoms with E-state index in [9.17, 15) is 14.0 Å². The maximum absolute atomic E-state index is 13.4. The van der Waals surface area contributed by atoms with Gasteiger partial charge < -0.3 is 19.5 Å². The van der Waals surface area contributed by atoms with Gasteiger partial charge in [-0.05, 0) is 49.1 Å². The molecule has 1 aliphatic rings. The van der Waals surface area contributed by atoms with Crippen LogP contribution in [0.4, 0.5) is 14.9 Å². The van der Waals surface area contributed by atoms with Crippen molar-refractivity contribution in [1.82, 2.24) is 24.2 Å². The van der Waals surface area contributed by atoms with Crippen LogP contribution in [0.25, 0.3) is 0 Å². The molecule has 0 radical (unpaired) electrons. The van der Waals surface area contributed by atoms with Crippen molar-refractivity contribution < 1.29 is 18.7 Å². The van der Waals surface area contributed by atoms with E-state index in [-0.39, 0.29) is 23.0 Å². The van der Waals surface area contributed by atoms with Crippen LogP contribution in [0, 0.1) is 12.7 Å². The monoisotopic (exact) mass is 460 g/mol. The lowest BCUT2D eigenvalue weighted by Gasteiger charge is -2.24. The van der Waals surface area contributed by atoms with Crippen molar-refractivity contribution in [3.05, 3.63) is 57.9 Å². The summed E-state index contributed by atoms with van der Waals surface area (Å²) in [5.41, 5.74) is 3.56. The van der Waals surface area contributed by atoms with Gasteiger partial charge in [-0.1, -0.05) is 11.6 Å². The van der Waals surface area contributed by atoms with Crippen LogP contribution in [-0.2, 0) is 20.5 Å². The first-order valence-corrected chi connectivity index (χ1v) is 10.3. The number of carbonyl (C=O) groups excluding carboxylic acids is 2. The SMILES string of the molecule is Cc1c2c(c(C(=O)Nc3ccc(F)c(Cl)c3)n1C)CCC2N(C)C(=O)Oc1ncn(C)n1. The van der Waals surface area contributed by atoms with E-state index in [1.165, 1.54) is 34.1 Å². The Balaban J connectivity index is 1.58. The number of halogens is 2. The Hall–Kier alpha value is -3.40. The van der Waals surface area contributed by atoms with Gasteiger partial charge >= 0.3 is 12.1 Å². The Labute approximate surface area is 188 Å². The number of nitrogens with one attached hydrogen (secondary N) is 1. The number of fused-ring (bicyclic) bond motifs is 1. The fraction of sp³-hybridized carbons (Fsp3) is 0.333. The highest BCUT2D eigenvalue weighted by Gasteiger charge is 2.37. The van der Waals surface area contributed by atoms with Gasteiger partial charge in [-0.3, -0.25) is 9.48 Å². The van der Waals surface area contributed by atoms with Gasteiger partial charge in [0, 0.05) is 32.5 Å². The molecule has 11 heteroatoms. The average molecular weight is 461 g/mol. The lowest BCUT2D eigenvalue weighted by molar-refractivity contribution is 0.101. The van der Waals surface area contributed by atoms with Crippen molar-refractivity contribution in [3.63, 3.8) is 0 Å². The van der Waals surface area contributed by atoms with E-state index in [2.05, 4.69) is 15.4 Å². The van der Waals surface area contributed by atoms with Crippen molar-refractivity contribution in [2.45, 2.75) is 25.8 Å². The van der Waals surface area contributed by atoms with E-state index in [0.29, 0.717) is 24.2 Å². The molecule has 0 fully saturated rings. The Morgan fingerprint density at radius 2 is 2.09 bits per heavy atom. The quantitative estimate of drug-likeness (QED) is 0.641. The molecule has 0 aliphatic heterocycles. The largest absolute Gasteiger partial charge is 0.417 e. The van der Waals surface area contributed by atoms with Crippen molar-refractivity contribution in [2.24, 2.45) is 14.1 Å². The first kappa shape index (κ1) is 21.8. The highest BCUT2D eigenvalue weighted by atomic mass is 35.5. The predicted molar refractivity (Wildman–Crippen MR) is 115 cm³/mol. The van der Waals surface area contributed by atoms with Gasteiger partial charge in [0.25, 0.3) is 5.91 Å². The summed E-state index contributed by atoms with van der Waals surface area (Å²) in [5, 5.41) is 6.67. The van der Waals surface area contributed by atoms with Crippen LogP contribution in [0.5, 0.6) is 6.01 Å². The zero-order chi connectivity index (χ0) is 23.2. The molecule has 32 heavy (non-hydrogen) atoms. The molecule has 4 rings (SSSR count). The number of amides is 2. The summed E-state index contributed by atoms with van der Waals surface area (Å²) in [6, 6.07) is 3.74. The van der Waals surface area contributed by atoms with Crippen molar-refractivity contribution in [2.75, 3.05) is 12.4 Å². The molecule has 3 aromatic rings. The van der Waals surface area contributed by atoms with Crippen molar-refractivity contribution >= 4 is 29.3 Å². The number of ether oxygens (including phenoxy) is 1. The summed E-state index contributed by atoms with van der Waals surface area (Å²) >= 11 is 5.82. The number of hydrogen-bond donors (Lipinski definition) is 1. The Bertz CT molecular complexity index is 1220. The molecule has 0 spiro atoms. The van der Waals surface area contributed by atoms with Crippen LogP contribution >= 0.6 is 11.6 Å². The Morgan fingerprint density at radius 1 is 1.34 bits per heavy atom. The number of anilines is 1.